The minimum Gasteiger partial charge on any atom is -0.542 e. The number of hydrogen-bond acceptors (Lipinski definition) is 6. The molecule has 0 saturated carbocycles. The molecule has 2 aliphatic heterocycles. The molecular formula is C18H27F3N4O7. The van der Waals surface area contributed by atoms with E-state index in [1.165, 1.54) is 0 Å². The van der Waals surface area contributed by atoms with E-state index < -0.39 is 42.0 Å². The van der Waals surface area contributed by atoms with Crippen LogP contribution in [0.3, 0.4) is 0 Å². The minimum atomic E-state index is -5.19. The van der Waals surface area contributed by atoms with Crippen LogP contribution in [0.4, 0.5) is 13.2 Å². The van der Waals surface area contributed by atoms with Gasteiger partial charge in [0.2, 0.25) is 11.8 Å². The molecule has 3 atom stereocenters. The summed E-state index contributed by atoms with van der Waals surface area (Å²) in [5.74, 6) is -5.30. The van der Waals surface area contributed by atoms with E-state index >= 15 is 0 Å². The van der Waals surface area contributed by atoms with E-state index in [4.69, 9.17) is 20.7 Å². The van der Waals surface area contributed by atoms with Gasteiger partial charge in [0.1, 0.15) is 18.1 Å². The number of alkyl halides is 3. The Morgan fingerprint density at radius 1 is 1.16 bits per heavy atom. The second kappa shape index (κ2) is 12.2. The number of carboxylic acids is 2. The van der Waals surface area contributed by atoms with Crippen LogP contribution in [0.5, 0.6) is 0 Å². The molecule has 11 nitrogen and oxygen atoms in total. The second-order valence-corrected chi connectivity index (χ2v) is 7.50. The number of nitrogens with zero attached hydrogens (tertiary/aromatic N) is 1. The van der Waals surface area contributed by atoms with Crippen molar-refractivity contribution in [2.45, 2.75) is 69.2 Å². The number of carboxylic acid groups (broad SMARTS) is 2. The summed E-state index contributed by atoms with van der Waals surface area (Å²) in [4.78, 5) is 57.9. The van der Waals surface area contributed by atoms with Crippen molar-refractivity contribution in [3.05, 3.63) is 0 Å². The van der Waals surface area contributed by atoms with Gasteiger partial charge in [0.25, 0.3) is 5.91 Å². The number of primary amides is 1. The Morgan fingerprint density at radius 3 is 2.25 bits per heavy atom. The van der Waals surface area contributed by atoms with Crippen molar-refractivity contribution in [1.82, 2.24) is 10.2 Å². The second-order valence-electron chi connectivity index (χ2n) is 7.50. The lowest BCUT2D eigenvalue weighted by atomic mass is 9.99. The summed E-state index contributed by atoms with van der Waals surface area (Å²) in [5, 5.41) is 22.1. The van der Waals surface area contributed by atoms with Gasteiger partial charge in [-0.15, -0.1) is 0 Å². The molecule has 2 saturated heterocycles. The van der Waals surface area contributed by atoms with Gasteiger partial charge in [-0.25, -0.2) is 0 Å². The molecule has 0 spiro atoms. The van der Waals surface area contributed by atoms with Crippen LogP contribution < -0.4 is 21.5 Å². The first kappa shape index (κ1) is 27.1. The smallest absolute Gasteiger partial charge is 0.430 e. The van der Waals surface area contributed by atoms with Crippen molar-refractivity contribution in [2.75, 3.05) is 13.1 Å². The van der Waals surface area contributed by atoms with Gasteiger partial charge in [0.05, 0.1) is 6.54 Å². The number of hydrogen-bond donors (Lipinski definition) is 4. The number of carbonyl (C=O) groups is 5. The highest BCUT2D eigenvalue weighted by molar-refractivity contribution is 5.92. The number of piperidine rings is 1. The van der Waals surface area contributed by atoms with Crippen molar-refractivity contribution < 1.29 is 52.7 Å². The molecule has 0 unspecified atom stereocenters. The van der Waals surface area contributed by atoms with Gasteiger partial charge >= 0.3 is 12.1 Å². The van der Waals surface area contributed by atoms with Crippen LogP contribution in [0.25, 0.3) is 0 Å². The molecule has 2 aliphatic rings. The van der Waals surface area contributed by atoms with Crippen molar-refractivity contribution in [2.24, 2.45) is 5.73 Å². The third-order valence-electron chi connectivity index (χ3n) is 5.11. The molecule has 32 heavy (non-hydrogen) atoms. The summed E-state index contributed by atoms with van der Waals surface area (Å²) in [5.41, 5.74) is 5.26. The Hall–Kier alpha value is -2.90. The maximum atomic E-state index is 12.7. The van der Waals surface area contributed by atoms with Crippen LogP contribution in [-0.4, -0.2) is 77.1 Å². The predicted molar refractivity (Wildman–Crippen MR) is 98.2 cm³/mol. The first-order chi connectivity index (χ1) is 14.8. The minimum absolute atomic E-state index is 0.0292. The number of halogens is 3. The molecule has 6 N–H and O–H groups in total. The number of nitrogens with two attached hydrogens (primary N) is 2. The largest absolute Gasteiger partial charge is 0.542 e. The highest BCUT2D eigenvalue weighted by Gasteiger charge is 2.39. The average molecular weight is 468 g/mol. The number of amides is 3. The fourth-order valence-corrected chi connectivity index (χ4v) is 3.50. The number of quaternary nitrogens is 1. The zero-order valence-electron chi connectivity index (χ0n) is 17.2. The normalized spacial score (nSPS) is 21.7. The molecule has 0 radical (unpaired) electrons. The lowest BCUT2D eigenvalue weighted by Crippen LogP contribution is -2.89. The van der Waals surface area contributed by atoms with Gasteiger partial charge in [0.15, 0.2) is 6.04 Å². The van der Waals surface area contributed by atoms with Crippen molar-refractivity contribution in [1.29, 1.82) is 0 Å². The summed E-state index contributed by atoms with van der Waals surface area (Å²) < 4.78 is 31.5. The van der Waals surface area contributed by atoms with E-state index in [2.05, 4.69) is 5.32 Å². The Balaban J connectivity index is 0.000000633. The number of carbonyl (C=O) groups excluding carboxylic acids is 4. The summed E-state index contributed by atoms with van der Waals surface area (Å²) in [6.07, 6.45) is -1.51. The number of nitrogens with one attached hydrogen (secondary N) is 1. The zero-order chi connectivity index (χ0) is 24.5. The van der Waals surface area contributed by atoms with Crippen LogP contribution in [0.2, 0.25) is 0 Å². The van der Waals surface area contributed by atoms with Gasteiger partial charge in [-0.05, 0) is 25.7 Å². The number of rotatable bonds is 7. The van der Waals surface area contributed by atoms with Crippen molar-refractivity contribution in [3.63, 3.8) is 0 Å². The monoisotopic (exact) mass is 468 g/mol. The molecule has 2 rings (SSSR count). The zero-order valence-corrected chi connectivity index (χ0v) is 17.2. The quantitative estimate of drug-likeness (QED) is 0.311. The van der Waals surface area contributed by atoms with Gasteiger partial charge < -0.3 is 36.3 Å². The number of aliphatic carboxylic acids is 2. The summed E-state index contributed by atoms with van der Waals surface area (Å²) in [6.45, 7) is 1.44. The van der Waals surface area contributed by atoms with E-state index in [-0.39, 0.29) is 24.8 Å². The van der Waals surface area contributed by atoms with E-state index in [9.17, 15) is 32.3 Å². The fraction of sp³-hybridized carbons (Fsp3) is 0.722. The predicted octanol–water partition coefficient (Wildman–Crippen LogP) is -2.77. The molecule has 0 aromatic heterocycles. The van der Waals surface area contributed by atoms with Crippen molar-refractivity contribution in [3.8, 4) is 0 Å². The number of likely N-dealkylation sites (tertiary alicyclic amines) is 1. The van der Waals surface area contributed by atoms with Gasteiger partial charge in [-0.2, -0.15) is 13.2 Å². The Bertz CT molecular complexity index is 711. The van der Waals surface area contributed by atoms with Crippen LogP contribution in [0.15, 0.2) is 0 Å². The molecule has 182 valence electrons. The summed E-state index contributed by atoms with van der Waals surface area (Å²) in [7, 11) is 0. The molecule has 0 aromatic rings. The molecule has 2 heterocycles. The first-order valence-corrected chi connectivity index (χ1v) is 10.1. The third-order valence-corrected chi connectivity index (χ3v) is 5.11. The van der Waals surface area contributed by atoms with E-state index in [0.29, 0.717) is 13.0 Å². The standard InChI is InChI=1S/C16H26N4O5.C2HF3O2/c17-14(23)10(6-7-13(21)22)19-15(24)12-5-1-2-9-20(12)16(25)11-4-3-8-18-11;3-2(4,5)1(6)7/h10-12,18H,1-9H2,(H2,17,23)(H,19,24)(H,21,22);(H,6,7)/t10-,11+,12-;/m0./s1. The third kappa shape index (κ3) is 8.69. The Labute approximate surface area is 181 Å². The van der Waals surface area contributed by atoms with Crippen molar-refractivity contribution >= 4 is 29.7 Å². The lowest BCUT2D eigenvalue weighted by Gasteiger charge is -2.36. The van der Waals surface area contributed by atoms with Crippen LogP contribution in [0.1, 0.15) is 44.9 Å². The van der Waals surface area contributed by atoms with Gasteiger partial charge in [-0.3, -0.25) is 19.2 Å². The molecular weight excluding hydrogens is 441 g/mol. The molecule has 0 aromatic carbocycles. The fourth-order valence-electron chi connectivity index (χ4n) is 3.50. The van der Waals surface area contributed by atoms with Crippen LogP contribution in [0, 0.1) is 0 Å². The molecule has 3 amide bonds. The molecule has 14 heteroatoms. The summed E-state index contributed by atoms with van der Waals surface area (Å²) in [6, 6.07) is -1.80. The molecule has 0 bridgehead atoms. The summed E-state index contributed by atoms with van der Waals surface area (Å²) >= 11 is 0. The van der Waals surface area contributed by atoms with Gasteiger partial charge in [0, 0.05) is 25.8 Å². The first-order valence-electron chi connectivity index (χ1n) is 10.1. The van der Waals surface area contributed by atoms with Gasteiger partial charge in [-0.1, -0.05) is 0 Å². The maximum absolute atomic E-state index is 12.7. The molecule has 2 fully saturated rings. The topological polar surface area (TPSA) is 187 Å². The Kier molecular flexibility index (Phi) is 10.4. The van der Waals surface area contributed by atoms with Crippen LogP contribution >= 0.6 is 0 Å². The lowest BCUT2D eigenvalue weighted by molar-refractivity contribution is -0.658. The van der Waals surface area contributed by atoms with E-state index in [0.717, 1.165) is 32.2 Å². The maximum Gasteiger partial charge on any atom is 0.430 e. The highest BCUT2D eigenvalue weighted by atomic mass is 19.4. The van der Waals surface area contributed by atoms with E-state index in [1.54, 1.807) is 4.90 Å². The average Bonchev–Trinajstić information content (AvgIpc) is 3.24. The SMILES string of the molecule is NC(=O)[C@H](CCC(=O)O)NC(=O)[C@@H]1CCCCN1C(=O)[C@H]1CCC[NH2+]1.O=C([O-])C(F)(F)F. The van der Waals surface area contributed by atoms with Crippen LogP contribution in [-0.2, 0) is 24.0 Å². The Morgan fingerprint density at radius 2 is 1.78 bits per heavy atom. The highest BCUT2D eigenvalue weighted by Crippen LogP contribution is 2.19. The van der Waals surface area contributed by atoms with E-state index in [1.807, 2.05) is 5.32 Å². The molecule has 0 aliphatic carbocycles.